The molecule has 21 heavy (non-hydrogen) atoms. The number of rotatable bonds is 5. The molecule has 0 saturated carbocycles. The maximum absolute atomic E-state index is 6.24. The minimum Gasteiger partial charge on any atom is -0.319 e. The van der Waals surface area contributed by atoms with Crippen LogP contribution >= 0.6 is 11.6 Å². The van der Waals surface area contributed by atoms with Gasteiger partial charge < -0.3 is 5.32 Å². The molecule has 1 aromatic carbocycles. The van der Waals surface area contributed by atoms with Crippen LogP contribution in [0, 0.1) is 19.8 Å². The Kier molecular flexibility index (Phi) is 5.32. The maximum atomic E-state index is 6.24. The Hall–Kier alpha value is -1.45. The van der Waals surface area contributed by atoms with Gasteiger partial charge in [-0.2, -0.15) is 0 Å². The first-order valence-corrected chi connectivity index (χ1v) is 7.64. The third-order valence-corrected chi connectivity index (χ3v) is 3.97. The summed E-state index contributed by atoms with van der Waals surface area (Å²) in [6.07, 6.45) is 0.987. The zero-order valence-corrected chi connectivity index (χ0v) is 13.8. The number of aryl methyl sites for hydroxylation is 2. The van der Waals surface area contributed by atoms with Crippen LogP contribution in [0.2, 0.25) is 5.02 Å². The molecule has 2 aromatic rings. The van der Waals surface area contributed by atoms with E-state index in [0.717, 1.165) is 29.9 Å². The molecule has 1 aromatic heterocycles. The molecule has 4 heteroatoms. The molecule has 1 heterocycles. The highest BCUT2D eigenvalue weighted by atomic mass is 35.5. The van der Waals surface area contributed by atoms with Crippen molar-refractivity contribution in [3.63, 3.8) is 0 Å². The van der Waals surface area contributed by atoms with Crippen molar-refractivity contribution >= 4 is 11.6 Å². The standard InChI is InChI=1S/C17H22ClN3/c1-11(10-19-4)9-15-12(2)20-17(21-13(15)3)14-7-5-6-8-16(14)18/h5-8,11,19H,9-10H2,1-4H3. The Bertz CT molecular complexity index is 602. The molecule has 1 unspecified atom stereocenters. The van der Waals surface area contributed by atoms with Gasteiger partial charge in [-0.25, -0.2) is 9.97 Å². The zero-order valence-electron chi connectivity index (χ0n) is 13.1. The lowest BCUT2D eigenvalue weighted by atomic mass is 9.98. The molecule has 0 fully saturated rings. The summed E-state index contributed by atoms with van der Waals surface area (Å²) in [5.41, 5.74) is 4.22. The van der Waals surface area contributed by atoms with Crippen molar-refractivity contribution in [3.05, 3.63) is 46.2 Å². The van der Waals surface area contributed by atoms with Crippen molar-refractivity contribution in [1.29, 1.82) is 0 Å². The molecule has 2 rings (SSSR count). The molecule has 0 aliphatic heterocycles. The SMILES string of the molecule is CNCC(C)Cc1c(C)nc(-c2ccccc2Cl)nc1C. The van der Waals surface area contributed by atoms with E-state index in [-0.39, 0.29) is 0 Å². The minimum absolute atomic E-state index is 0.558. The van der Waals surface area contributed by atoms with Crippen LogP contribution in [0.25, 0.3) is 11.4 Å². The number of hydrogen-bond donors (Lipinski definition) is 1. The van der Waals surface area contributed by atoms with Crippen molar-refractivity contribution in [2.45, 2.75) is 27.2 Å². The van der Waals surface area contributed by atoms with E-state index >= 15 is 0 Å². The number of halogens is 1. The average molecular weight is 304 g/mol. The highest BCUT2D eigenvalue weighted by Gasteiger charge is 2.14. The first kappa shape index (κ1) is 15.9. The lowest BCUT2D eigenvalue weighted by Gasteiger charge is -2.15. The highest BCUT2D eigenvalue weighted by Crippen LogP contribution is 2.26. The van der Waals surface area contributed by atoms with Crippen molar-refractivity contribution in [2.75, 3.05) is 13.6 Å². The number of aromatic nitrogens is 2. The van der Waals surface area contributed by atoms with E-state index < -0.39 is 0 Å². The Labute approximate surface area is 131 Å². The summed E-state index contributed by atoms with van der Waals surface area (Å²) in [5, 5.41) is 3.90. The third kappa shape index (κ3) is 3.80. The largest absolute Gasteiger partial charge is 0.319 e. The van der Waals surface area contributed by atoms with E-state index in [0.29, 0.717) is 16.8 Å². The summed E-state index contributed by atoms with van der Waals surface area (Å²) in [6.45, 7) is 7.33. The van der Waals surface area contributed by atoms with Gasteiger partial charge >= 0.3 is 0 Å². The Balaban J connectivity index is 2.35. The average Bonchev–Trinajstić information content (AvgIpc) is 2.43. The zero-order chi connectivity index (χ0) is 15.4. The van der Waals surface area contributed by atoms with E-state index in [2.05, 4.69) is 36.1 Å². The van der Waals surface area contributed by atoms with Gasteiger partial charge in [-0.15, -0.1) is 0 Å². The van der Waals surface area contributed by atoms with Crippen LogP contribution in [-0.2, 0) is 6.42 Å². The highest BCUT2D eigenvalue weighted by molar-refractivity contribution is 6.33. The first-order valence-electron chi connectivity index (χ1n) is 7.26. The second kappa shape index (κ2) is 7.01. The van der Waals surface area contributed by atoms with E-state index in [1.54, 1.807) is 0 Å². The summed E-state index contributed by atoms with van der Waals surface area (Å²) in [7, 11) is 1.98. The van der Waals surface area contributed by atoms with E-state index in [1.807, 2.05) is 31.3 Å². The first-order chi connectivity index (χ1) is 10.0. The topological polar surface area (TPSA) is 37.8 Å². The molecule has 0 aliphatic carbocycles. The van der Waals surface area contributed by atoms with Gasteiger partial charge in [0.25, 0.3) is 0 Å². The molecular formula is C17H22ClN3. The monoisotopic (exact) mass is 303 g/mol. The lowest BCUT2D eigenvalue weighted by Crippen LogP contribution is -2.19. The normalized spacial score (nSPS) is 12.4. The predicted octanol–water partition coefficient (Wildman–Crippen LogP) is 3.81. The van der Waals surface area contributed by atoms with Crippen LogP contribution in [0.3, 0.4) is 0 Å². The number of hydrogen-bond acceptors (Lipinski definition) is 3. The second-order valence-electron chi connectivity index (χ2n) is 5.54. The Morgan fingerprint density at radius 3 is 2.33 bits per heavy atom. The molecule has 112 valence electrons. The molecule has 1 atom stereocenters. The number of nitrogens with one attached hydrogen (secondary N) is 1. The van der Waals surface area contributed by atoms with E-state index in [4.69, 9.17) is 11.6 Å². The van der Waals surface area contributed by atoms with Crippen molar-refractivity contribution in [3.8, 4) is 11.4 Å². The smallest absolute Gasteiger partial charge is 0.161 e. The second-order valence-corrected chi connectivity index (χ2v) is 5.95. The summed E-state index contributed by atoms with van der Waals surface area (Å²) in [5.74, 6) is 1.27. The van der Waals surface area contributed by atoms with Gasteiger partial charge in [0.1, 0.15) is 0 Å². The summed E-state index contributed by atoms with van der Waals surface area (Å²) in [6, 6.07) is 7.70. The van der Waals surface area contributed by atoms with Crippen LogP contribution in [0.1, 0.15) is 23.9 Å². The molecular weight excluding hydrogens is 282 g/mol. The maximum Gasteiger partial charge on any atom is 0.161 e. The summed E-state index contributed by atoms with van der Waals surface area (Å²) in [4.78, 5) is 9.32. The minimum atomic E-state index is 0.558. The number of benzene rings is 1. The van der Waals surface area contributed by atoms with Crippen LogP contribution in [0.15, 0.2) is 24.3 Å². The number of nitrogens with zero attached hydrogens (tertiary/aromatic N) is 2. The third-order valence-electron chi connectivity index (χ3n) is 3.64. The lowest BCUT2D eigenvalue weighted by molar-refractivity contribution is 0.537. The molecule has 0 spiro atoms. The van der Waals surface area contributed by atoms with E-state index in [9.17, 15) is 0 Å². The predicted molar refractivity (Wildman–Crippen MR) is 88.7 cm³/mol. The van der Waals surface area contributed by atoms with Gasteiger partial charge in [-0.05, 0) is 57.5 Å². The van der Waals surface area contributed by atoms with Gasteiger partial charge in [0.2, 0.25) is 0 Å². The van der Waals surface area contributed by atoms with Gasteiger partial charge in [-0.1, -0.05) is 30.7 Å². The summed E-state index contributed by atoms with van der Waals surface area (Å²) >= 11 is 6.24. The van der Waals surface area contributed by atoms with Crippen molar-refractivity contribution in [2.24, 2.45) is 5.92 Å². The molecule has 1 N–H and O–H groups in total. The van der Waals surface area contributed by atoms with Crippen LogP contribution < -0.4 is 5.32 Å². The van der Waals surface area contributed by atoms with Crippen LogP contribution in [0.4, 0.5) is 0 Å². The fourth-order valence-corrected chi connectivity index (χ4v) is 2.79. The quantitative estimate of drug-likeness (QED) is 0.912. The Morgan fingerprint density at radius 1 is 1.14 bits per heavy atom. The summed E-state index contributed by atoms with van der Waals surface area (Å²) < 4.78 is 0. The molecule has 0 bridgehead atoms. The molecule has 0 saturated heterocycles. The van der Waals surface area contributed by atoms with Gasteiger partial charge in [-0.3, -0.25) is 0 Å². The van der Waals surface area contributed by atoms with Gasteiger partial charge in [0.15, 0.2) is 5.82 Å². The van der Waals surface area contributed by atoms with Gasteiger partial charge in [0.05, 0.1) is 5.02 Å². The van der Waals surface area contributed by atoms with Crippen molar-refractivity contribution < 1.29 is 0 Å². The molecule has 0 aliphatic rings. The fourth-order valence-electron chi connectivity index (χ4n) is 2.57. The Morgan fingerprint density at radius 2 is 1.76 bits per heavy atom. The van der Waals surface area contributed by atoms with Crippen molar-refractivity contribution in [1.82, 2.24) is 15.3 Å². The van der Waals surface area contributed by atoms with Gasteiger partial charge in [0, 0.05) is 17.0 Å². The fraction of sp³-hybridized carbons (Fsp3) is 0.412. The molecule has 0 radical (unpaired) electrons. The van der Waals surface area contributed by atoms with E-state index in [1.165, 1.54) is 5.56 Å². The molecule has 3 nitrogen and oxygen atoms in total. The van der Waals surface area contributed by atoms with Crippen LogP contribution in [-0.4, -0.2) is 23.6 Å². The van der Waals surface area contributed by atoms with Crippen LogP contribution in [0.5, 0.6) is 0 Å². The molecule has 0 amide bonds.